The van der Waals surface area contributed by atoms with E-state index in [2.05, 4.69) is 18.8 Å². The Morgan fingerprint density at radius 1 is 1.35 bits per heavy atom. The van der Waals surface area contributed by atoms with Crippen LogP contribution < -0.4 is 0 Å². The lowest BCUT2D eigenvalue weighted by molar-refractivity contribution is 0.0748. The van der Waals surface area contributed by atoms with Crippen molar-refractivity contribution in [2.45, 2.75) is 52.1 Å². The second kappa shape index (κ2) is 5.63. The monoisotopic (exact) mass is 233 g/mol. The van der Waals surface area contributed by atoms with Gasteiger partial charge < -0.3 is 5.11 Å². The van der Waals surface area contributed by atoms with Crippen molar-refractivity contribution in [2.24, 2.45) is 11.8 Å². The molecule has 1 saturated carbocycles. The SMILES string of the molecule is CCc1cnccc1C(O)C1CCC(C)CC1. The molecule has 2 rings (SSSR count). The average Bonchev–Trinajstić information content (AvgIpc) is 2.39. The van der Waals surface area contributed by atoms with Gasteiger partial charge in [0.2, 0.25) is 0 Å². The predicted molar refractivity (Wildman–Crippen MR) is 69.7 cm³/mol. The summed E-state index contributed by atoms with van der Waals surface area (Å²) in [5, 5.41) is 10.5. The molecule has 94 valence electrons. The summed E-state index contributed by atoms with van der Waals surface area (Å²) in [7, 11) is 0. The summed E-state index contributed by atoms with van der Waals surface area (Å²) in [4.78, 5) is 4.14. The van der Waals surface area contributed by atoms with Crippen LogP contribution in [-0.2, 0) is 6.42 Å². The van der Waals surface area contributed by atoms with Crippen LogP contribution in [0.2, 0.25) is 0 Å². The third-order valence-corrected chi connectivity index (χ3v) is 4.15. The number of aliphatic hydroxyl groups excluding tert-OH is 1. The first-order valence-corrected chi connectivity index (χ1v) is 6.83. The third kappa shape index (κ3) is 2.86. The standard InChI is InChI=1S/C15H23NO/c1-3-12-10-16-9-8-14(12)15(17)13-6-4-11(2)5-7-13/h8-11,13,15,17H,3-7H2,1-2H3. The van der Waals surface area contributed by atoms with Gasteiger partial charge in [0.25, 0.3) is 0 Å². The molecular formula is C15H23NO. The lowest BCUT2D eigenvalue weighted by Gasteiger charge is -2.30. The van der Waals surface area contributed by atoms with Crippen LogP contribution in [0.3, 0.4) is 0 Å². The Bertz CT molecular complexity index is 356. The Morgan fingerprint density at radius 2 is 2.06 bits per heavy atom. The van der Waals surface area contributed by atoms with Crippen LogP contribution in [0.15, 0.2) is 18.5 Å². The second-order valence-electron chi connectivity index (χ2n) is 5.39. The molecule has 0 amide bonds. The van der Waals surface area contributed by atoms with Crippen LogP contribution in [0.1, 0.15) is 56.8 Å². The van der Waals surface area contributed by atoms with E-state index in [-0.39, 0.29) is 6.10 Å². The van der Waals surface area contributed by atoms with E-state index in [9.17, 15) is 5.11 Å². The second-order valence-corrected chi connectivity index (χ2v) is 5.39. The normalized spacial score (nSPS) is 26.8. The molecule has 17 heavy (non-hydrogen) atoms. The molecule has 0 radical (unpaired) electrons. The van der Waals surface area contributed by atoms with E-state index in [1.54, 1.807) is 6.20 Å². The summed E-state index contributed by atoms with van der Waals surface area (Å²) in [6.45, 7) is 4.43. The molecule has 1 fully saturated rings. The summed E-state index contributed by atoms with van der Waals surface area (Å²) >= 11 is 0. The molecule has 1 aromatic rings. The third-order valence-electron chi connectivity index (χ3n) is 4.15. The number of hydrogen-bond donors (Lipinski definition) is 1. The maximum atomic E-state index is 10.5. The summed E-state index contributed by atoms with van der Waals surface area (Å²) in [5.41, 5.74) is 2.29. The van der Waals surface area contributed by atoms with Gasteiger partial charge in [-0.2, -0.15) is 0 Å². The van der Waals surface area contributed by atoms with E-state index < -0.39 is 0 Å². The van der Waals surface area contributed by atoms with Crippen molar-refractivity contribution in [1.29, 1.82) is 0 Å². The number of aliphatic hydroxyl groups is 1. The molecule has 1 aliphatic rings. The predicted octanol–water partition coefficient (Wildman–Crippen LogP) is 3.50. The van der Waals surface area contributed by atoms with Crippen LogP contribution in [0.5, 0.6) is 0 Å². The van der Waals surface area contributed by atoms with E-state index >= 15 is 0 Å². The molecule has 0 bridgehead atoms. The summed E-state index contributed by atoms with van der Waals surface area (Å²) in [5.74, 6) is 1.28. The van der Waals surface area contributed by atoms with Crippen molar-refractivity contribution < 1.29 is 5.11 Å². The number of nitrogens with zero attached hydrogens (tertiary/aromatic N) is 1. The molecule has 2 nitrogen and oxygen atoms in total. The number of aromatic nitrogens is 1. The van der Waals surface area contributed by atoms with E-state index in [1.807, 2.05) is 12.3 Å². The van der Waals surface area contributed by atoms with Crippen molar-refractivity contribution >= 4 is 0 Å². The number of aryl methyl sites for hydroxylation is 1. The van der Waals surface area contributed by atoms with Crippen LogP contribution in [0, 0.1) is 11.8 Å². The minimum Gasteiger partial charge on any atom is -0.388 e. The van der Waals surface area contributed by atoms with Gasteiger partial charge >= 0.3 is 0 Å². The lowest BCUT2D eigenvalue weighted by Crippen LogP contribution is -2.20. The fraction of sp³-hybridized carbons (Fsp3) is 0.667. The Morgan fingerprint density at radius 3 is 2.71 bits per heavy atom. The van der Waals surface area contributed by atoms with E-state index in [1.165, 1.54) is 18.4 Å². The molecule has 0 saturated heterocycles. The minimum absolute atomic E-state index is 0.291. The van der Waals surface area contributed by atoms with Gasteiger partial charge in [-0.05, 0) is 48.3 Å². The van der Waals surface area contributed by atoms with Gasteiger partial charge in [0.1, 0.15) is 0 Å². The Balaban J connectivity index is 2.10. The zero-order valence-electron chi connectivity index (χ0n) is 10.9. The first-order chi connectivity index (χ1) is 8.22. The highest BCUT2D eigenvalue weighted by atomic mass is 16.3. The van der Waals surface area contributed by atoms with Gasteiger partial charge in [-0.1, -0.05) is 26.7 Å². The Hall–Kier alpha value is -0.890. The molecule has 1 unspecified atom stereocenters. The zero-order valence-corrected chi connectivity index (χ0v) is 10.9. The van der Waals surface area contributed by atoms with Gasteiger partial charge in [0.05, 0.1) is 6.10 Å². The van der Waals surface area contributed by atoms with Crippen LogP contribution in [0.4, 0.5) is 0 Å². The van der Waals surface area contributed by atoms with E-state index in [4.69, 9.17) is 0 Å². The zero-order chi connectivity index (χ0) is 12.3. The summed E-state index contributed by atoms with van der Waals surface area (Å²) < 4.78 is 0. The van der Waals surface area contributed by atoms with Crippen molar-refractivity contribution in [1.82, 2.24) is 4.98 Å². The lowest BCUT2D eigenvalue weighted by atomic mass is 9.78. The molecule has 2 heteroatoms. The van der Waals surface area contributed by atoms with Crippen molar-refractivity contribution in [3.63, 3.8) is 0 Å². The van der Waals surface area contributed by atoms with Crippen molar-refractivity contribution in [3.05, 3.63) is 29.6 Å². The largest absolute Gasteiger partial charge is 0.388 e. The Labute approximate surface area is 104 Å². The maximum Gasteiger partial charge on any atom is 0.0821 e. The first-order valence-electron chi connectivity index (χ1n) is 6.83. The van der Waals surface area contributed by atoms with E-state index in [0.29, 0.717) is 5.92 Å². The minimum atomic E-state index is -0.291. The molecule has 1 aromatic heterocycles. The highest BCUT2D eigenvalue weighted by Gasteiger charge is 2.26. The quantitative estimate of drug-likeness (QED) is 0.866. The number of rotatable bonds is 3. The van der Waals surface area contributed by atoms with Crippen LogP contribution in [0.25, 0.3) is 0 Å². The molecule has 0 spiro atoms. The highest BCUT2D eigenvalue weighted by molar-refractivity contribution is 5.26. The molecule has 1 aliphatic carbocycles. The molecule has 0 aromatic carbocycles. The van der Waals surface area contributed by atoms with Crippen LogP contribution in [-0.4, -0.2) is 10.1 Å². The number of pyridine rings is 1. The summed E-state index contributed by atoms with van der Waals surface area (Å²) in [6, 6.07) is 1.99. The molecule has 1 heterocycles. The van der Waals surface area contributed by atoms with Crippen LogP contribution >= 0.6 is 0 Å². The molecule has 0 aliphatic heterocycles. The molecular weight excluding hydrogens is 210 g/mol. The van der Waals surface area contributed by atoms with Crippen molar-refractivity contribution in [2.75, 3.05) is 0 Å². The van der Waals surface area contributed by atoms with Gasteiger partial charge in [-0.25, -0.2) is 0 Å². The van der Waals surface area contributed by atoms with Gasteiger partial charge in [0, 0.05) is 12.4 Å². The fourth-order valence-corrected chi connectivity index (χ4v) is 2.88. The highest BCUT2D eigenvalue weighted by Crippen LogP contribution is 2.37. The summed E-state index contributed by atoms with van der Waals surface area (Å²) in [6.07, 6.45) is 9.18. The smallest absolute Gasteiger partial charge is 0.0821 e. The van der Waals surface area contributed by atoms with Gasteiger partial charge in [0.15, 0.2) is 0 Å². The topological polar surface area (TPSA) is 33.1 Å². The van der Waals surface area contributed by atoms with Crippen molar-refractivity contribution in [3.8, 4) is 0 Å². The maximum absolute atomic E-state index is 10.5. The van der Waals surface area contributed by atoms with E-state index in [0.717, 1.165) is 30.7 Å². The number of hydrogen-bond acceptors (Lipinski definition) is 2. The average molecular weight is 233 g/mol. The van der Waals surface area contributed by atoms with Gasteiger partial charge in [-0.3, -0.25) is 4.98 Å². The first kappa shape index (κ1) is 12.6. The Kier molecular flexibility index (Phi) is 4.16. The molecule has 1 atom stereocenters. The molecule has 1 N–H and O–H groups in total. The fourth-order valence-electron chi connectivity index (χ4n) is 2.88. The van der Waals surface area contributed by atoms with Gasteiger partial charge in [-0.15, -0.1) is 0 Å².